The van der Waals surface area contributed by atoms with Gasteiger partial charge in [0.2, 0.25) is 19.7 Å². The Morgan fingerprint density at radius 2 is 0.640 bits per heavy atom. The number of carbonyl (C=O) groups excluding carboxylic acids is 8. The van der Waals surface area contributed by atoms with Crippen molar-refractivity contribution in [2.75, 3.05) is 28.2 Å². The van der Waals surface area contributed by atoms with Crippen LogP contribution in [0.2, 0.25) is 0 Å². The second kappa shape index (κ2) is 33.7. The van der Waals surface area contributed by atoms with Crippen molar-refractivity contribution in [3.05, 3.63) is 130 Å². The number of likely N-dealkylation sites (N-methyl/N-ethyl adjacent to an activating group) is 4. The summed E-state index contributed by atoms with van der Waals surface area (Å²) in [5.74, 6) is -8.60. The van der Waals surface area contributed by atoms with Crippen molar-refractivity contribution >= 4 is 67.2 Å². The molecule has 0 radical (unpaired) electrons. The molecule has 30 heteroatoms. The molecule has 3 heterocycles. The van der Waals surface area contributed by atoms with Crippen molar-refractivity contribution < 1.29 is 74.1 Å². The number of hydrogen-bond donors (Lipinski definition) is 0. The van der Waals surface area contributed by atoms with E-state index in [1.807, 2.05) is 13.8 Å². The van der Waals surface area contributed by atoms with Gasteiger partial charge in [0.25, 0.3) is 33.9 Å². The van der Waals surface area contributed by atoms with Crippen LogP contribution in [0.1, 0.15) is 128 Å². The molecule has 1 aliphatic heterocycles. The fraction of sp³-hybridized carbons (Fsp3) is 0.514. The highest BCUT2D eigenvalue weighted by Gasteiger charge is 2.43. The number of aromatic nitrogens is 8. The Labute approximate surface area is 584 Å². The third kappa shape index (κ3) is 19.6. The molecule has 0 bridgehead atoms. The van der Waals surface area contributed by atoms with Gasteiger partial charge in [-0.2, -0.15) is 0 Å². The van der Waals surface area contributed by atoms with Crippen molar-refractivity contribution in [2.45, 2.75) is 203 Å². The average Bonchev–Trinajstić information content (AvgIpc) is 1.55. The molecule has 1 fully saturated rings. The molecule has 0 aliphatic carbocycles. The number of amides is 4. The topological polar surface area (TPSA) is 342 Å². The van der Waals surface area contributed by atoms with Gasteiger partial charge in [-0.3, -0.25) is 19.2 Å². The average molecular weight is 1420 g/mol. The number of benzene rings is 4. The summed E-state index contributed by atoms with van der Waals surface area (Å²) in [5, 5.41) is 22.0. The van der Waals surface area contributed by atoms with Gasteiger partial charge in [-0.05, 0) is 144 Å². The molecule has 0 N–H and O–H groups in total. The number of cyclic esters (lactones) is 4. The van der Waals surface area contributed by atoms with Crippen LogP contribution < -0.4 is 0 Å². The molecule has 4 amide bonds. The summed E-state index contributed by atoms with van der Waals surface area (Å²) in [6, 6.07) is 20.0. The first-order valence-electron chi connectivity index (χ1n) is 33.2. The molecule has 540 valence electrons. The predicted molar refractivity (Wildman–Crippen MR) is 362 cm³/mol. The lowest BCUT2D eigenvalue weighted by molar-refractivity contribution is -0.176. The summed E-state index contributed by atoms with van der Waals surface area (Å²) < 4.78 is 81.2. The zero-order valence-corrected chi connectivity index (χ0v) is 61.2. The quantitative estimate of drug-likeness (QED) is 0.0623. The number of sulfone groups is 2. The van der Waals surface area contributed by atoms with Crippen molar-refractivity contribution in [3.63, 3.8) is 0 Å². The second-order valence-electron chi connectivity index (χ2n) is 27.3. The van der Waals surface area contributed by atoms with Crippen LogP contribution in [-0.2, 0) is 103 Å². The van der Waals surface area contributed by atoms with Gasteiger partial charge in [0.05, 0.1) is 22.9 Å². The summed E-state index contributed by atoms with van der Waals surface area (Å²) in [6.07, 6.45) is -7.20. The highest BCUT2D eigenvalue weighted by atomic mass is 32.2. The van der Waals surface area contributed by atoms with E-state index in [9.17, 15) is 45.6 Å². The van der Waals surface area contributed by atoms with E-state index in [2.05, 4.69) is 31.1 Å². The molecule has 6 aromatic rings. The number of rotatable bonds is 20. The van der Waals surface area contributed by atoms with Gasteiger partial charge in [0.1, 0.15) is 24.2 Å². The van der Waals surface area contributed by atoms with E-state index in [-0.39, 0.29) is 85.1 Å². The number of ether oxygens (including phenoxy) is 4. The summed E-state index contributed by atoms with van der Waals surface area (Å²) in [4.78, 5) is 123. The SMILES string of the molecule is Cc1ccc(S(=O)(=O)c2nnnn2Cc2ccc(C[C@H]3OC(=O)[C@H](CC(C)C)N(C)C(=O)[C@@H](C)OC(=O)[C@H](CC(C)C)N(C)C(=O)[C@@H](Cc4ccc(Cn5nnnc5S(=O)(=O)c5ccc(C)cc5)cc4)OC(=O)[C@H](CC(C)C)N(C)C(=O)[C@@H](C)OC(=O)[C@H](CC(C)C)N(C)C3=O)cc2)cc1. The second-order valence-corrected chi connectivity index (χ2v) is 31.0. The largest absolute Gasteiger partial charge is 0.451 e. The number of aryl methyl sites for hydroxylation is 2. The minimum atomic E-state index is -4.14. The molecular weight excluding hydrogens is 1330 g/mol. The standard InChI is InChI=1S/C70H92N12O16S2/c1-41(2)33-55-65(87)95-47(11)61(83)77(13)58(36-44(7)8)68(90)98-60(38-50-23-27-52(28-24-50)40-82-70(72-74-76-82)100(93,94)54-31-19-46(10)20-32-54)64(86)80(16)56(34-42(3)4)66(88)96-48(12)62(84)78(14)57(35-43(5)6)67(89)97-59(63(85)79(55)15)37-49-21-25-51(26-22-49)39-81-69(71-73-75-81)99(91,92)53-29-17-45(9)18-30-53/h17-32,41-44,47-48,55-60H,33-40H2,1-16H3/t47-,48-,55+,56+,57+,58+,59-,60-/m1/s1. The molecule has 1 saturated heterocycles. The van der Waals surface area contributed by atoms with Gasteiger partial charge in [0.15, 0.2) is 24.4 Å². The lowest BCUT2D eigenvalue weighted by Crippen LogP contribution is -2.55. The highest BCUT2D eigenvalue weighted by Crippen LogP contribution is 2.27. The first kappa shape index (κ1) is 78.0. The lowest BCUT2D eigenvalue weighted by atomic mass is 9.99. The number of nitrogens with zero attached hydrogens (tertiary/aromatic N) is 12. The predicted octanol–water partition coefficient (Wildman–Crippen LogP) is 6.02. The smallest absolute Gasteiger partial charge is 0.329 e. The summed E-state index contributed by atoms with van der Waals surface area (Å²) in [6.45, 7) is 20.5. The van der Waals surface area contributed by atoms with Crippen LogP contribution in [0.25, 0.3) is 0 Å². The molecule has 7 rings (SSSR count). The minimum Gasteiger partial charge on any atom is -0.451 e. The summed E-state index contributed by atoms with van der Waals surface area (Å²) in [5.41, 5.74) is 3.67. The lowest BCUT2D eigenvalue weighted by Gasteiger charge is -2.35. The van der Waals surface area contributed by atoms with Gasteiger partial charge in [-0.25, -0.2) is 45.4 Å². The Balaban J connectivity index is 1.23. The van der Waals surface area contributed by atoms with Gasteiger partial charge in [-0.15, -0.1) is 0 Å². The van der Waals surface area contributed by atoms with E-state index in [0.717, 1.165) is 40.1 Å². The molecule has 0 spiro atoms. The van der Waals surface area contributed by atoms with Crippen molar-refractivity contribution in [1.82, 2.24) is 60.0 Å². The van der Waals surface area contributed by atoms with Crippen LogP contribution in [0.4, 0.5) is 0 Å². The fourth-order valence-corrected chi connectivity index (χ4v) is 13.9. The maximum absolute atomic E-state index is 15.2. The molecule has 4 aromatic carbocycles. The molecule has 0 saturated carbocycles. The molecule has 8 atom stereocenters. The first-order chi connectivity index (χ1) is 47.0. The van der Waals surface area contributed by atoms with E-state index >= 15 is 9.59 Å². The third-order valence-electron chi connectivity index (χ3n) is 17.2. The maximum atomic E-state index is 15.2. The minimum absolute atomic E-state index is 0.00629. The van der Waals surface area contributed by atoms with Crippen molar-refractivity contribution in [1.29, 1.82) is 0 Å². The number of hydrogen-bond acceptors (Lipinski definition) is 22. The Hall–Kier alpha value is -9.32. The van der Waals surface area contributed by atoms with Crippen molar-refractivity contribution in [3.8, 4) is 0 Å². The van der Waals surface area contributed by atoms with E-state index in [0.29, 0.717) is 22.3 Å². The zero-order valence-electron chi connectivity index (χ0n) is 59.5. The van der Waals surface area contributed by atoms with Crippen LogP contribution >= 0.6 is 0 Å². The first-order valence-corrected chi connectivity index (χ1v) is 36.1. The Bertz CT molecular complexity index is 3830. The molecule has 1 aliphatic rings. The Morgan fingerprint density at radius 3 is 0.920 bits per heavy atom. The molecule has 0 unspecified atom stereocenters. The summed E-state index contributed by atoms with van der Waals surface area (Å²) in [7, 11) is -2.98. The normalized spacial score (nSPS) is 21.2. The van der Waals surface area contributed by atoms with Crippen LogP contribution in [0.15, 0.2) is 117 Å². The van der Waals surface area contributed by atoms with E-state index < -0.39 is 126 Å². The number of tetrazole rings is 2. The van der Waals surface area contributed by atoms with Crippen LogP contribution in [0.3, 0.4) is 0 Å². The molecular formula is C70H92N12O16S2. The van der Waals surface area contributed by atoms with Crippen LogP contribution in [-0.4, -0.2) is 201 Å². The van der Waals surface area contributed by atoms with E-state index in [4.69, 9.17) is 18.9 Å². The molecule has 2 aromatic heterocycles. The maximum Gasteiger partial charge on any atom is 0.329 e. The zero-order chi connectivity index (χ0) is 73.8. The highest BCUT2D eigenvalue weighted by molar-refractivity contribution is 7.91. The Kier molecular flexibility index (Phi) is 26.3. The number of esters is 4. The van der Waals surface area contributed by atoms with Gasteiger partial charge >= 0.3 is 23.9 Å². The van der Waals surface area contributed by atoms with Crippen molar-refractivity contribution in [2.24, 2.45) is 23.7 Å². The molecule has 100 heavy (non-hydrogen) atoms. The monoisotopic (exact) mass is 1420 g/mol. The number of carbonyl (C=O) groups is 8. The van der Waals surface area contributed by atoms with Gasteiger partial charge < -0.3 is 38.5 Å². The molecule has 28 nitrogen and oxygen atoms in total. The summed E-state index contributed by atoms with van der Waals surface area (Å²) >= 11 is 0. The van der Waals surface area contributed by atoms with E-state index in [1.165, 1.54) is 66.3 Å². The third-order valence-corrected chi connectivity index (χ3v) is 20.5. The van der Waals surface area contributed by atoms with Gasteiger partial charge in [-0.1, -0.05) is 150 Å². The van der Waals surface area contributed by atoms with Crippen LogP contribution in [0.5, 0.6) is 0 Å². The van der Waals surface area contributed by atoms with E-state index in [1.54, 1.807) is 128 Å². The van der Waals surface area contributed by atoms with Crippen LogP contribution in [0, 0.1) is 37.5 Å². The Morgan fingerprint density at radius 1 is 0.380 bits per heavy atom. The van der Waals surface area contributed by atoms with Gasteiger partial charge in [0, 0.05) is 41.0 Å². The fourth-order valence-electron chi connectivity index (χ4n) is 11.4.